The van der Waals surface area contributed by atoms with E-state index in [1.54, 1.807) is 10.7 Å². The van der Waals surface area contributed by atoms with Gasteiger partial charge in [0, 0.05) is 29.4 Å². The van der Waals surface area contributed by atoms with Crippen molar-refractivity contribution in [2.24, 2.45) is 0 Å². The highest BCUT2D eigenvalue weighted by Gasteiger charge is 2.06. The van der Waals surface area contributed by atoms with Crippen molar-refractivity contribution in [1.29, 1.82) is 0 Å². The van der Waals surface area contributed by atoms with Crippen molar-refractivity contribution in [3.05, 3.63) is 72.1 Å². The summed E-state index contributed by atoms with van der Waals surface area (Å²) in [5.74, 6) is 0.625. The Bertz CT molecular complexity index is 1300. The molecule has 124 valence electrons. The van der Waals surface area contributed by atoms with Gasteiger partial charge in [-0.15, -0.1) is 5.10 Å². The van der Waals surface area contributed by atoms with Gasteiger partial charge in [-0.2, -0.15) is 0 Å². The van der Waals surface area contributed by atoms with E-state index in [1.807, 2.05) is 61.8 Å². The SMILES string of the molecule is Cc1cnc2nc(C=Cc3nc4c5cccnc5ccn4n3)ccc2c1. The molecule has 0 aromatic carbocycles. The van der Waals surface area contributed by atoms with Crippen LogP contribution in [0.1, 0.15) is 17.1 Å². The number of aryl methyl sites for hydroxylation is 1. The van der Waals surface area contributed by atoms with Gasteiger partial charge in [-0.3, -0.25) is 4.98 Å². The van der Waals surface area contributed by atoms with Gasteiger partial charge in [0.1, 0.15) is 0 Å². The van der Waals surface area contributed by atoms with Crippen LogP contribution >= 0.6 is 0 Å². The van der Waals surface area contributed by atoms with Crippen molar-refractivity contribution in [3.8, 4) is 0 Å². The van der Waals surface area contributed by atoms with Gasteiger partial charge in [-0.05, 0) is 61.0 Å². The van der Waals surface area contributed by atoms with E-state index >= 15 is 0 Å². The van der Waals surface area contributed by atoms with Gasteiger partial charge >= 0.3 is 0 Å². The molecular weight excluding hydrogens is 324 g/mol. The van der Waals surface area contributed by atoms with Crippen molar-refractivity contribution in [1.82, 2.24) is 29.5 Å². The lowest BCUT2D eigenvalue weighted by molar-refractivity contribution is 0.958. The lowest BCUT2D eigenvalue weighted by Gasteiger charge is -1.99. The lowest BCUT2D eigenvalue weighted by Crippen LogP contribution is -1.88. The van der Waals surface area contributed by atoms with E-state index in [2.05, 4.69) is 31.1 Å². The molecule has 0 atom stereocenters. The second-order valence-electron chi connectivity index (χ2n) is 6.12. The average molecular weight is 338 g/mol. The van der Waals surface area contributed by atoms with Gasteiger partial charge in [0.05, 0.1) is 11.2 Å². The van der Waals surface area contributed by atoms with Crippen LogP contribution in [0.3, 0.4) is 0 Å². The van der Waals surface area contributed by atoms with Gasteiger partial charge in [0.25, 0.3) is 0 Å². The minimum Gasteiger partial charge on any atom is -0.256 e. The van der Waals surface area contributed by atoms with Crippen LogP contribution < -0.4 is 0 Å². The molecule has 0 radical (unpaired) electrons. The third kappa shape index (κ3) is 2.48. The Hall–Kier alpha value is -3.67. The monoisotopic (exact) mass is 338 g/mol. The van der Waals surface area contributed by atoms with Crippen LogP contribution in [0.2, 0.25) is 0 Å². The van der Waals surface area contributed by atoms with Crippen LogP contribution in [0, 0.1) is 6.92 Å². The van der Waals surface area contributed by atoms with E-state index in [1.165, 1.54) is 0 Å². The fourth-order valence-corrected chi connectivity index (χ4v) is 2.97. The number of fused-ring (bicyclic) bond motifs is 4. The van der Waals surface area contributed by atoms with Gasteiger partial charge in [-0.1, -0.05) is 0 Å². The molecule has 0 aliphatic carbocycles. The quantitative estimate of drug-likeness (QED) is 0.491. The van der Waals surface area contributed by atoms with Crippen LogP contribution in [0.4, 0.5) is 0 Å². The summed E-state index contributed by atoms with van der Waals surface area (Å²) in [5.41, 5.74) is 4.37. The van der Waals surface area contributed by atoms with Crippen LogP contribution in [-0.2, 0) is 0 Å². The summed E-state index contributed by atoms with van der Waals surface area (Å²) in [6.07, 6.45) is 9.23. The molecule has 6 nitrogen and oxygen atoms in total. The molecule has 0 saturated heterocycles. The fraction of sp³-hybridized carbons (Fsp3) is 0.0500. The number of hydrogen-bond donors (Lipinski definition) is 0. The van der Waals surface area contributed by atoms with E-state index in [-0.39, 0.29) is 0 Å². The maximum Gasteiger partial charge on any atom is 0.175 e. The van der Waals surface area contributed by atoms with E-state index in [0.29, 0.717) is 5.82 Å². The second kappa shape index (κ2) is 5.70. The first-order valence-electron chi connectivity index (χ1n) is 8.28. The molecule has 0 bridgehead atoms. The minimum absolute atomic E-state index is 0.625. The Kier molecular flexibility index (Phi) is 3.21. The Morgan fingerprint density at radius 2 is 1.96 bits per heavy atom. The average Bonchev–Trinajstić information content (AvgIpc) is 3.10. The molecule has 0 saturated carbocycles. The third-order valence-electron chi connectivity index (χ3n) is 4.20. The number of aromatic nitrogens is 6. The molecule has 0 fully saturated rings. The molecule has 5 aromatic rings. The van der Waals surface area contributed by atoms with Crippen molar-refractivity contribution < 1.29 is 0 Å². The molecule has 5 heterocycles. The predicted octanol–water partition coefficient (Wildman–Crippen LogP) is 3.70. The van der Waals surface area contributed by atoms with Crippen LogP contribution in [0.15, 0.2) is 55.0 Å². The van der Waals surface area contributed by atoms with Gasteiger partial charge < -0.3 is 0 Å². The van der Waals surface area contributed by atoms with Crippen LogP contribution in [-0.4, -0.2) is 29.5 Å². The third-order valence-corrected chi connectivity index (χ3v) is 4.20. The summed E-state index contributed by atoms with van der Waals surface area (Å²) < 4.78 is 1.77. The summed E-state index contributed by atoms with van der Waals surface area (Å²) in [7, 11) is 0. The van der Waals surface area contributed by atoms with Crippen LogP contribution in [0.5, 0.6) is 0 Å². The Morgan fingerprint density at radius 3 is 2.92 bits per heavy atom. The highest BCUT2D eigenvalue weighted by atomic mass is 15.3. The van der Waals surface area contributed by atoms with E-state index in [4.69, 9.17) is 0 Å². The first-order chi connectivity index (χ1) is 12.8. The summed E-state index contributed by atoms with van der Waals surface area (Å²) in [4.78, 5) is 17.9. The van der Waals surface area contributed by atoms with Crippen molar-refractivity contribution in [2.75, 3.05) is 0 Å². The molecule has 0 N–H and O–H groups in total. The topological polar surface area (TPSA) is 68.9 Å². The van der Waals surface area contributed by atoms with Crippen molar-refractivity contribution >= 4 is 39.7 Å². The standard InChI is InChI=1S/C20H14N6/c1-13-11-14-4-5-15(23-19(14)22-12-13)6-7-18-24-20-16-3-2-9-21-17(16)8-10-26(20)25-18/h2-12H,1H3. The Balaban J connectivity index is 1.54. The lowest BCUT2D eigenvalue weighted by atomic mass is 10.2. The number of rotatable bonds is 2. The molecule has 0 aliphatic heterocycles. The molecular formula is C20H14N6. The normalized spacial score (nSPS) is 11.9. The van der Waals surface area contributed by atoms with E-state index in [9.17, 15) is 0 Å². The molecule has 0 unspecified atom stereocenters. The second-order valence-corrected chi connectivity index (χ2v) is 6.12. The zero-order valence-corrected chi connectivity index (χ0v) is 14.0. The summed E-state index contributed by atoms with van der Waals surface area (Å²) in [6, 6.07) is 11.9. The minimum atomic E-state index is 0.625. The van der Waals surface area contributed by atoms with Gasteiger partial charge in [-0.25, -0.2) is 19.5 Å². The molecule has 0 spiro atoms. The van der Waals surface area contributed by atoms with Gasteiger partial charge in [0.15, 0.2) is 17.1 Å². The first kappa shape index (κ1) is 14.7. The number of hydrogen-bond acceptors (Lipinski definition) is 5. The Labute approximate surface area is 148 Å². The molecule has 26 heavy (non-hydrogen) atoms. The molecule has 5 rings (SSSR count). The highest BCUT2D eigenvalue weighted by Crippen LogP contribution is 2.17. The smallest absolute Gasteiger partial charge is 0.175 e. The zero-order chi connectivity index (χ0) is 17.5. The molecule has 0 amide bonds. The van der Waals surface area contributed by atoms with E-state index in [0.717, 1.165) is 38.8 Å². The van der Waals surface area contributed by atoms with E-state index < -0.39 is 0 Å². The molecule has 6 heteroatoms. The van der Waals surface area contributed by atoms with Gasteiger partial charge in [0.2, 0.25) is 0 Å². The maximum absolute atomic E-state index is 4.61. The van der Waals surface area contributed by atoms with Crippen molar-refractivity contribution in [2.45, 2.75) is 6.92 Å². The summed E-state index contributed by atoms with van der Waals surface area (Å²) in [6.45, 7) is 2.02. The number of pyridine rings is 4. The molecule has 5 aromatic heterocycles. The summed E-state index contributed by atoms with van der Waals surface area (Å²) in [5, 5.41) is 6.51. The Morgan fingerprint density at radius 1 is 1.00 bits per heavy atom. The predicted molar refractivity (Wildman–Crippen MR) is 101 cm³/mol. The largest absolute Gasteiger partial charge is 0.256 e. The van der Waals surface area contributed by atoms with Crippen LogP contribution in [0.25, 0.3) is 39.7 Å². The summed E-state index contributed by atoms with van der Waals surface area (Å²) >= 11 is 0. The first-order valence-corrected chi connectivity index (χ1v) is 8.28. The highest BCUT2D eigenvalue weighted by molar-refractivity contribution is 5.91. The fourth-order valence-electron chi connectivity index (χ4n) is 2.97. The number of nitrogens with zero attached hydrogens (tertiary/aromatic N) is 6. The van der Waals surface area contributed by atoms with Crippen molar-refractivity contribution in [3.63, 3.8) is 0 Å². The maximum atomic E-state index is 4.61. The molecule has 0 aliphatic rings. The zero-order valence-electron chi connectivity index (χ0n) is 14.0.